The van der Waals surface area contributed by atoms with Crippen molar-refractivity contribution < 1.29 is 9.59 Å². The molecule has 2 aromatic rings. The quantitative estimate of drug-likeness (QED) is 0.309. The summed E-state index contributed by atoms with van der Waals surface area (Å²) >= 11 is 6.08. The van der Waals surface area contributed by atoms with Gasteiger partial charge in [0.2, 0.25) is 0 Å². The monoisotopic (exact) mass is 384 g/mol. The van der Waals surface area contributed by atoms with Gasteiger partial charge in [0, 0.05) is 28.5 Å². The van der Waals surface area contributed by atoms with Crippen molar-refractivity contribution in [1.82, 2.24) is 10.7 Å². The number of amides is 2. The molecule has 0 saturated heterocycles. The molecule has 0 saturated carbocycles. The van der Waals surface area contributed by atoms with Crippen LogP contribution < -0.4 is 16.1 Å². The first-order valence-electron chi connectivity index (χ1n) is 8.26. The predicted octanol–water partition coefficient (Wildman–Crippen LogP) is 3.45. The number of carbonyl (C=O) groups excluding carboxylic acids is 2. The Morgan fingerprint density at radius 3 is 2.63 bits per heavy atom. The molecule has 0 aliphatic rings. The molecule has 0 radical (unpaired) electrons. The molecule has 0 aliphatic heterocycles. The zero-order chi connectivity index (χ0) is 19.8. The lowest BCUT2D eigenvalue weighted by Crippen LogP contribution is -2.37. The molecular formula is C20H21ClN4O2. The molecule has 0 fully saturated rings. The van der Waals surface area contributed by atoms with E-state index in [-0.39, 0.29) is 6.54 Å². The summed E-state index contributed by atoms with van der Waals surface area (Å²) < 4.78 is 0. The van der Waals surface area contributed by atoms with Crippen LogP contribution in [-0.4, -0.2) is 24.6 Å². The van der Waals surface area contributed by atoms with E-state index in [9.17, 15) is 9.59 Å². The summed E-state index contributed by atoms with van der Waals surface area (Å²) in [5.41, 5.74) is 6.79. The highest BCUT2D eigenvalue weighted by atomic mass is 35.5. The highest BCUT2D eigenvalue weighted by Crippen LogP contribution is 2.26. The fraction of sp³-hybridized carbons (Fsp3) is 0.150. The van der Waals surface area contributed by atoms with E-state index < -0.39 is 11.8 Å². The first kappa shape index (κ1) is 20.2. The van der Waals surface area contributed by atoms with Gasteiger partial charge in [-0.1, -0.05) is 29.8 Å². The topological polar surface area (TPSA) is 82.6 Å². The number of nitrogens with zero attached hydrogens (tertiary/aromatic N) is 1. The van der Waals surface area contributed by atoms with Crippen LogP contribution >= 0.6 is 11.6 Å². The van der Waals surface area contributed by atoms with Crippen molar-refractivity contribution in [2.75, 3.05) is 11.9 Å². The van der Waals surface area contributed by atoms with Crippen LogP contribution in [-0.2, 0) is 9.59 Å². The van der Waals surface area contributed by atoms with Gasteiger partial charge in [0.1, 0.15) is 0 Å². The Balaban J connectivity index is 2.16. The Hall–Kier alpha value is -3.12. The van der Waals surface area contributed by atoms with Gasteiger partial charge in [-0.25, -0.2) is 5.43 Å². The Morgan fingerprint density at radius 1 is 1.11 bits per heavy atom. The van der Waals surface area contributed by atoms with Crippen molar-refractivity contribution in [3.8, 4) is 0 Å². The van der Waals surface area contributed by atoms with Crippen LogP contribution in [0.25, 0.3) is 0 Å². The van der Waals surface area contributed by atoms with E-state index in [1.165, 1.54) is 12.3 Å². The van der Waals surface area contributed by atoms with Crippen molar-refractivity contribution >= 4 is 41.0 Å². The molecular weight excluding hydrogens is 364 g/mol. The number of hydrogen-bond donors (Lipinski definition) is 3. The predicted molar refractivity (Wildman–Crippen MR) is 110 cm³/mol. The van der Waals surface area contributed by atoms with E-state index in [1.54, 1.807) is 12.1 Å². The molecule has 3 N–H and O–H groups in total. The second-order valence-electron chi connectivity index (χ2n) is 5.87. The first-order chi connectivity index (χ1) is 12.9. The third kappa shape index (κ3) is 5.97. The molecule has 0 bridgehead atoms. The molecule has 0 aliphatic carbocycles. The molecule has 0 heterocycles. The number of anilines is 2. The van der Waals surface area contributed by atoms with Gasteiger partial charge in [-0.2, -0.15) is 5.10 Å². The van der Waals surface area contributed by atoms with Crippen LogP contribution in [0.15, 0.2) is 54.2 Å². The van der Waals surface area contributed by atoms with E-state index in [4.69, 9.17) is 11.6 Å². The molecule has 140 valence electrons. The molecule has 6 nitrogen and oxygen atoms in total. The number of rotatable bonds is 6. The summed E-state index contributed by atoms with van der Waals surface area (Å²) in [5.74, 6) is -1.65. The maximum atomic E-state index is 11.7. The molecule has 27 heavy (non-hydrogen) atoms. The summed E-state index contributed by atoms with van der Waals surface area (Å²) in [6, 6.07) is 11.4. The van der Waals surface area contributed by atoms with Crippen LogP contribution in [0.4, 0.5) is 11.4 Å². The molecule has 0 atom stereocenters. The van der Waals surface area contributed by atoms with Gasteiger partial charge in [-0.3, -0.25) is 9.59 Å². The van der Waals surface area contributed by atoms with Crippen LogP contribution in [0.2, 0.25) is 5.02 Å². The smallest absolute Gasteiger partial charge is 0.329 e. The molecule has 0 unspecified atom stereocenters. The van der Waals surface area contributed by atoms with E-state index in [1.807, 2.05) is 38.1 Å². The van der Waals surface area contributed by atoms with Gasteiger partial charge in [0.05, 0.1) is 6.21 Å². The van der Waals surface area contributed by atoms with Crippen molar-refractivity contribution in [2.45, 2.75) is 13.8 Å². The van der Waals surface area contributed by atoms with Gasteiger partial charge >= 0.3 is 11.8 Å². The van der Waals surface area contributed by atoms with E-state index in [0.717, 1.165) is 22.5 Å². The number of hydrazone groups is 1. The minimum atomic E-state index is -0.862. The lowest BCUT2D eigenvalue weighted by Gasteiger charge is -2.13. The Bertz CT molecular complexity index is 894. The van der Waals surface area contributed by atoms with Crippen molar-refractivity contribution in [2.24, 2.45) is 5.10 Å². The number of nitrogens with one attached hydrogen (secondary N) is 3. The summed E-state index contributed by atoms with van der Waals surface area (Å²) in [6.07, 6.45) is 2.91. The largest absolute Gasteiger partial charge is 0.355 e. The van der Waals surface area contributed by atoms with Crippen LogP contribution in [0, 0.1) is 13.8 Å². The average molecular weight is 385 g/mol. The molecule has 7 heteroatoms. The second kappa shape index (κ2) is 9.54. The number of halogens is 1. The molecule has 2 amide bonds. The normalized spacial score (nSPS) is 10.5. The van der Waals surface area contributed by atoms with Crippen LogP contribution in [0.1, 0.15) is 16.7 Å². The maximum absolute atomic E-state index is 11.7. The number of hydrogen-bond acceptors (Lipinski definition) is 4. The highest BCUT2D eigenvalue weighted by molar-refractivity contribution is 6.35. The zero-order valence-corrected chi connectivity index (χ0v) is 15.9. The van der Waals surface area contributed by atoms with Crippen molar-refractivity contribution in [3.63, 3.8) is 0 Å². The van der Waals surface area contributed by atoms with E-state index >= 15 is 0 Å². The summed E-state index contributed by atoms with van der Waals surface area (Å²) in [6.45, 7) is 7.69. The lowest BCUT2D eigenvalue weighted by atomic mass is 10.1. The Morgan fingerprint density at radius 2 is 1.89 bits per heavy atom. The standard InChI is InChI=1S/C20H21ClN4O2/c1-4-9-22-19(26)20(27)25-23-12-15-11-16(21)7-8-17(15)24-18-10-13(2)5-6-14(18)3/h4-8,10-12,24H,1,9H2,2-3H3,(H,22,26)(H,25,27)/b23-12-. The SMILES string of the molecule is C=CCNC(=O)C(=O)N/N=C\c1cc(Cl)ccc1Nc1cc(C)ccc1C. The molecule has 0 aromatic heterocycles. The average Bonchev–Trinajstić information content (AvgIpc) is 2.64. The summed E-state index contributed by atoms with van der Waals surface area (Å²) in [4.78, 5) is 23.1. The van der Waals surface area contributed by atoms with Crippen LogP contribution in [0.3, 0.4) is 0 Å². The zero-order valence-electron chi connectivity index (χ0n) is 15.2. The van der Waals surface area contributed by atoms with Crippen molar-refractivity contribution in [1.29, 1.82) is 0 Å². The number of aryl methyl sites for hydroxylation is 2. The third-order valence-corrected chi connectivity index (χ3v) is 3.89. The van der Waals surface area contributed by atoms with Gasteiger partial charge in [-0.05, 0) is 49.2 Å². The first-order valence-corrected chi connectivity index (χ1v) is 8.64. The second-order valence-corrected chi connectivity index (χ2v) is 6.31. The van der Waals surface area contributed by atoms with Gasteiger partial charge in [0.15, 0.2) is 0 Å². The molecule has 2 aromatic carbocycles. The van der Waals surface area contributed by atoms with Crippen molar-refractivity contribution in [3.05, 3.63) is 70.8 Å². The summed E-state index contributed by atoms with van der Waals surface area (Å²) in [7, 11) is 0. The summed E-state index contributed by atoms with van der Waals surface area (Å²) in [5, 5.41) is 10.1. The molecule has 2 rings (SSSR count). The minimum absolute atomic E-state index is 0.203. The van der Waals surface area contributed by atoms with Gasteiger partial charge in [-0.15, -0.1) is 6.58 Å². The third-order valence-electron chi connectivity index (χ3n) is 3.66. The van der Waals surface area contributed by atoms with Gasteiger partial charge in [0.25, 0.3) is 0 Å². The fourth-order valence-electron chi connectivity index (χ4n) is 2.23. The van der Waals surface area contributed by atoms with Gasteiger partial charge < -0.3 is 10.6 Å². The molecule has 0 spiro atoms. The lowest BCUT2D eigenvalue weighted by molar-refractivity contribution is -0.139. The maximum Gasteiger partial charge on any atom is 0.329 e. The highest BCUT2D eigenvalue weighted by Gasteiger charge is 2.11. The van der Waals surface area contributed by atoms with E-state index in [0.29, 0.717) is 10.6 Å². The van der Waals surface area contributed by atoms with E-state index in [2.05, 4.69) is 27.7 Å². The fourth-order valence-corrected chi connectivity index (χ4v) is 2.41. The number of benzene rings is 2. The Labute approximate surface area is 163 Å². The number of carbonyl (C=O) groups is 2. The minimum Gasteiger partial charge on any atom is -0.355 e. The Kier molecular flexibility index (Phi) is 7.14. The van der Waals surface area contributed by atoms with Crippen LogP contribution in [0.5, 0.6) is 0 Å².